The van der Waals surface area contributed by atoms with E-state index in [-0.39, 0.29) is 30.7 Å². The zero-order valence-corrected chi connectivity index (χ0v) is 10.6. The third-order valence-corrected chi connectivity index (χ3v) is 4.38. The van der Waals surface area contributed by atoms with Gasteiger partial charge in [0.2, 0.25) is 11.8 Å². The van der Waals surface area contributed by atoms with Crippen molar-refractivity contribution in [3.63, 3.8) is 0 Å². The summed E-state index contributed by atoms with van der Waals surface area (Å²) < 4.78 is 26.0. The molecule has 2 aliphatic rings. The second-order valence-electron chi connectivity index (χ2n) is 5.67. The molecule has 2 aliphatic carbocycles. The molecule has 2 unspecified atom stereocenters. The van der Waals surface area contributed by atoms with E-state index in [1.165, 1.54) is 0 Å². The molecule has 0 aromatic carbocycles. The maximum atomic E-state index is 13.0. The Morgan fingerprint density at radius 1 is 1.22 bits per heavy atom. The van der Waals surface area contributed by atoms with Crippen LogP contribution in [0.5, 0.6) is 0 Å². The van der Waals surface area contributed by atoms with Crippen LogP contribution in [0.2, 0.25) is 0 Å². The molecule has 3 N–H and O–H groups in total. The molecule has 0 saturated heterocycles. The van der Waals surface area contributed by atoms with E-state index >= 15 is 0 Å². The van der Waals surface area contributed by atoms with E-state index in [2.05, 4.69) is 5.32 Å². The Bertz CT molecular complexity index is 299. The van der Waals surface area contributed by atoms with Crippen LogP contribution >= 0.6 is 0 Å². The van der Waals surface area contributed by atoms with Crippen LogP contribution in [0.4, 0.5) is 8.78 Å². The molecule has 18 heavy (non-hydrogen) atoms. The summed E-state index contributed by atoms with van der Waals surface area (Å²) in [6, 6.07) is 0.157. The van der Waals surface area contributed by atoms with Gasteiger partial charge in [-0.2, -0.15) is 0 Å². The van der Waals surface area contributed by atoms with Crippen LogP contribution in [0.1, 0.15) is 44.9 Å². The van der Waals surface area contributed by atoms with Crippen LogP contribution in [0.15, 0.2) is 0 Å². The van der Waals surface area contributed by atoms with Crippen molar-refractivity contribution in [1.29, 1.82) is 0 Å². The first-order chi connectivity index (χ1) is 8.52. The predicted octanol–water partition coefficient (Wildman–Crippen LogP) is 2.06. The fourth-order valence-electron chi connectivity index (χ4n) is 3.11. The summed E-state index contributed by atoms with van der Waals surface area (Å²) in [5, 5.41) is 3.01. The Morgan fingerprint density at radius 3 is 2.50 bits per heavy atom. The molecular weight excluding hydrogens is 238 g/mol. The van der Waals surface area contributed by atoms with Crippen LogP contribution in [-0.4, -0.2) is 24.4 Å². The third kappa shape index (κ3) is 3.19. The average Bonchev–Trinajstić information content (AvgIpc) is 2.76. The highest BCUT2D eigenvalue weighted by Crippen LogP contribution is 2.36. The molecule has 5 heteroatoms. The van der Waals surface area contributed by atoms with E-state index in [9.17, 15) is 13.6 Å². The summed E-state index contributed by atoms with van der Waals surface area (Å²) >= 11 is 0. The number of carbonyl (C=O) groups excluding carboxylic acids is 1. The first-order valence-corrected chi connectivity index (χ1v) is 6.90. The third-order valence-electron chi connectivity index (χ3n) is 4.38. The van der Waals surface area contributed by atoms with Gasteiger partial charge in [-0.3, -0.25) is 4.79 Å². The van der Waals surface area contributed by atoms with Gasteiger partial charge >= 0.3 is 0 Å². The molecule has 0 aromatic heterocycles. The standard InChI is InChI=1S/C13H22F2N2O/c14-13(15)6-4-9(5-7-13)12(18)17-11-3-1-2-10(11)8-16/h9-11H,1-8,16H2,(H,17,18). The molecule has 0 heterocycles. The van der Waals surface area contributed by atoms with Crippen molar-refractivity contribution in [2.75, 3.05) is 6.54 Å². The first kappa shape index (κ1) is 13.7. The van der Waals surface area contributed by atoms with E-state index in [0.717, 1.165) is 19.3 Å². The molecule has 2 fully saturated rings. The molecule has 2 saturated carbocycles. The largest absolute Gasteiger partial charge is 0.353 e. The number of nitrogens with one attached hydrogen (secondary N) is 1. The summed E-state index contributed by atoms with van der Waals surface area (Å²) in [7, 11) is 0. The van der Waals surface area contributed by atoms with Gasteiger partial charge in [0.15, 0.2) is 0 Å². The smallest absolute Gasteiger partial charge is 0.248 e. The number of amides is 1. The minimum absolute atomic E-state index is 0.0455. The predicted molar refractivity (Wildman–Crippen MR) is 65.2 cm³/mol. The molecule has 2 atom stereocenters. The van der Waals surface area contributed by atoms with Gasteiger partial charge in [-0.1, -0.05) is 6.42 Å². The van der Waals surface area contributed by atoms with Crippen molar-refractivity contribution < 1.29 is 13.6 Å². The lowest BCUT2D eigenvalue weighted by atomic mass is 9.86. The van der Waals surface area contributed by atoms with Crippen LogP contribution in [-0.2, 0) is 4.79 Å². The molecule has 1 amide bonds. The van der Waals surface area contributed by atoms with Gasteiger partial charge in [-0.25, -0.2) is 8.78 Å². The number of hydrogen-bond acceptors (Lipinski definition) is 2. The van der Waals surface area contributed by atoms with Crippen molar-refractivity contribution in [3.05, 3.63) is 0 Å². The topological polar surface area (TPSA) is 55.1 Å². The molecule has 104 valence electrons. The van der Waals surface area contributed by atoms with Crippen LogP contribution in [0.25, 0.3) is 0 Å². The second kappa shape index (κ2) is 5.51. The van der Waals surface area contributed by atoms with Crippen molar-refractivity contribution in [2.24, 2.45) is 17.6 Å². The van der Waals surface area contributed by atoms with Gasteiger partial charge in [0.25, 0.3) is 0 Å². The summed E-state index contributed by atoms with van der Waals surface area (Å²) in [6.07, 6.45) is 3.42. The molecule has 3 nitrogen and oxygen atoms in total. The van der Waals surface area contributed by atoms with Crippen LogP contribution in [0.3, 0.4) is 0 Å². The Hall–Kier alpha value is -0.710. The van der Waals surface area contributed by atoms with E-state index in [1.807, 2.05) is 0 Å². The lowest BCUT2D eigenvalue weighted by Gasteiger charge is -2.29. The lowest BCUT2D eigenvalue weighted by molar-refractivity contribution is -0.130. The fourth-order valence-corrected chi connectivity index (χ4v) is 3.11. The van der Waals surface area contributed by atoms with Crippen molar-refractivity contribution >= 4 is 5.91 Å². The molecule has 0 spiro atoms. The van der Waals surface area contributed by atoms with E-state index in [1.54, 1.807) is 0 Å². The molecule has 0 bridgehead atoms. The zero-order valence-electron chi connectivity index (χ0n) is 10.6. The summed E-state index contributed by atoms with van der Waals surface area (Å²) in [5.41, 5.74) is 5.66. The van der Waals surface area contributed by atoms with Gasteiger partial charge in [0.1, 0.15) is 0 Å². The Labute approximate surface area is 106 Å². The lowest BCUT2D eigenvalue weighted by Crippen LogP contribution is -2.44. The number of nitrogens with two attached hydrogens (primary N) is 1. The molecule has 0 aliphatic heterocycles. The molecule has 2 rings (SSSR count). The van der Waals surface area contributed by atoms with Crippen molar-refractivity contribution in [3.8, 4) is 0 Å². The van der Waals surface area contributed by atoms with Gasteiger partial charge in [0, 0.05) is 24.8 Å². The van der Waals surface area contributed by atoms with Crippen molar-refractivity contribution in [1.82, 2.24) is 5.32 Å². The quantitative estimate of drug-likeness (QED) is 0.816. The minimum atomic E-state index is -2.57. The first-order valence-electron chi connectivity index (χ1n) is 6.90. The average molecular weight is 260 g/mol. The fraction of sp³-hybridized carbons (Fsp3) is 0.923. The van der Waals surface area contributed by atoms with Gasteiger partial charge in [-0.05, 0) is 38.1 Å². The van der Waals surface area contributed by atoms with E-state index in [0.29, 0.717) is 25.3 Å². The number of halogens is 2. The number of hydrogen-bond donors (Lipinski definition) is 2. The molecular formula is C13H22F2N2O. The normalized spacial score (nSPS) is 32.4. The van der Waals surface area contributed by atoms with E-state index in [4.69, 9.17) is 5.73 Å². The van der Waals surface area contributed by atoms with Crippen LogP contribution < -0.4 is 11.1 Å². The van der Waals surface area contributed by atoms with Gasteiger partial charge < -0.3 is 11.1 Å². The van der Waals surface area contributed by atoms with Gasteiger partial charge in [-0.15, -0.1) is 0 Å². The monoisotopic (exact) mass is 260 g/mol. The van der Waals surface area contributed by atoms with Crippen molar-refractivity contribution in [2.45, 2.75) is 56.9 Å². The zero-order chi connectivity index (χ0) is 13.2. The summed E-state index contributed by atoms with van der Waals surface area (Å²) in [4.78, 5) is 12.0. The maximum Gasteiger partial charge on any atom is 0.248 e. The highest BCUT2D eigenvalue weighted by Gasteiger charge is 2.38. The number of carbonyl (C=O) groups is 1. The Balaban J connectivity index is 1.82. The highest BCUT2D eigenvalue weighted by atomic mass is 19.3. The second-order valence-corrected chi connectivity index (χ2v) is 5.67. The Kier molecular flexibility index (Phi) is 4.20. The maximum absolute atomic E-state index is 13.0. The van der Waals surface area contributed by atoms with E-state index < -0.39 is 5.92 Å². The summed E-state index contributed by atoms with van der Waals surface area (Å²) in [5.74, 6) is -2.48. The SMILES string of the molecule is NCC1CCCC1NC(=O)C1CCC(F)(F)CC1. The Morgan fingerprint density at radius 2 is 1.89 bits per heavy atom. The van der Waals surface area contributed by atoms with Crippen LogP contribution in [0, 0.1) is 11.8 Å². The minimum Gasteiger partial charge on any atom is -0.353 e. The summed E-state index contributed by atoms with van der Waals surface area (Å²) in [6.45, 7) is 0.591. The molecule has 0 radical (unpaired) electrons. The molecule has 0 aromatic rings. The highest BCUT2D eigenvalue weighted by molar-refractivity contribution is 5.79. The number of alkyl halides is 2. The van der Waals surface area contributed by atoms with Gasteiger partial charge in [0.05, 0.1) is 0 Å². The number of rotatable bonds is 3.